The lowest BCUT2D eigenvalue weighted by molar-refractivity contribution is 0.0758. The third-order valence-corrected chi connectivity index (χ3v) is 2.38. The molecule has 1 aliphatic rings. The van der Waals surface area contributed by atoms with Crippen molar-refractivity contribution >= 4 is 0 Å². The number of aliphatic hydroxyl groups is 1. The second-order valence-electron chi connectivity index (χ2n) is 3.34. The second-order valence-corrected chi connectivity index (χ2v) is 3.34. The molecular weight excluding hydrogens is 152 g/mol. The topological polar surface area (TPSA) is 72.3 Å². The predicted molar refractivity (Wildman–Crippen MR) is 51.7 cm³/mol. The zero-order valence-electron chi connectivity index (χ0n) is 8.33. The van der Waals surface area contributed by atoms with Gasteiger partial charge in [0.15, 0.2) is 0 Å². The summed E-state index contributed by atoms with van der Waals surface area (Å²) in [6, 6.07) is 0.0737. The average Bonchev–Trinajstić information content (AvgIpc) is 2.05. The molecule has 0 aliphatic heterocycles. The summed E-state index contributed by atoms with van der Waals surface area (Å²) in [4.78, 5) is 0. The highest BCUT2D eigenvalue weighted by atomic mass is 16.3. The summed E-state index contributed by atoms with van der Waals surface area (Å²) in [6.07, 6.45) is 1.17. The van der Waals surface area contributed by atoms with E-state index in [0.717, 1.165) is 12.8 Å². The fourth-order valence-electron chi connectivity index (χ4n) is 1.43. The van der Waals surface area contributed by atoms with Crippen LogP contribution in [0.15, 0.2) is 0 Å². The minimum Gasteiger partial charge on any atom is -0.392 e. The molecule has 4 atom stereocenters. The Kier molecular flexibility index (Phi) is 5.46. The number of aliphatic hydroxyl groups excluding tert-OH is 1. The molecule has 12 heavy (non-hydrogen) atoms. The highest BCUT2D eigenvalue weighted by molar-refractivity contribution is 4.87. The minimum atomic E-state index is -0.338. The Morgan fingerprint density at radius 2 is 1.58 bits per heavy atom. The van der Waals surface area contributed by atoms with Gasteiger partial charge in [0, 0.05) is 12.1 Å². The van der Waals surface area contributed by atoms with Crippen LogP contribution >= 0.6 is 0 Å². The molecule has 0 bridgehead atoms. The van der Waals surface area contributed by atoms with Gasteiger partial charge in [0.1, 0.15) is 0 Å². The quantitative estimate of drug-likeness (QED) is 0.499. The maximum absolute atomic E-state index is 9.29. The summed E-state index contributed by atoms with van der Waals surface area (Å²) in [6.45, 7) is 6.06. The molecule has 4 unspecified atom stereocenters. The first kappa shape index (κ1) is 11.9. The Morgan fingerprint density at radius 1 is 1.08 bits per heavy atom. The Bertz CT molecular complexity index is 93.1. The Labute approximate surface area is 75.1 Å². The summed E-state index contributed by atoms with van der Waals surface area (Å²) in [5.74, 6) is 0.412. The van der Waals surface area contributed by atoms with Crippen molar-refractivity contribution < 1.29 is 5.11 Å². The Morgan fingerprint density at radius 3 is 2.00 bits per heavy atom. The van der Waals surface area contributed by atoms with Gasteiger partial charge in [-0.2, -0.15) is 0 Å². The molecule has 0 aromatic heterocycles. The van der Waals surface area contributed by atoms with Gasteiger partial charge in [0.05, 0.1) is 6.10 Å². The minimum absolute atomic E-state index is 0.105. The predicted octanol–water partition coefficient (Wildman–Crippen LogP) is 0.458. The molecule has 1 aliphatic carbocycles. The molecule has 1 saturated carbocycles. The van der Waals surface area contributed by atoms with Crippen LogP contribution in [-0.2, 0) is 0 Å². The zero-order valence-corrected chi connectivity index (χ0v) is 8.33. The van der Waals surface area contributed by atoms with Gasteiger partial charge in [-0.05, 0) is 18.8 Å². The summed E-state index contributed by atoms with van der Waals surface area (Å²) in [7, 11) is 0. The van der Waals surface area contributed by atoms with E-state index in [4.69, 9.17) is 11.5 Å². The fourth-order valence-corrected chi connectivity index (χ4v) is 1.43. The van der Waals surface area contributed by atoms with E-state index >= 15 is 0 Å². The van der Waals surface area contributed by atoms with Gasteiger partial charge < -0.3 is 16.6 Å². The van der Waals surface area contributed by atoms with Gasteiger partial charge in [-0.15, -0.1) is 0 Å². The smallest absolute Gasteiger partial charge is 0.0694 e. The molecule has 0 amide bonds. The van der Waals surface area contributed by atoms with Gasteiger partial charge in [0.2, 0.25) is 0 Å². The van der Waals surface area contributed by atoms with Crippen LogP contribution in [-0.4, -0.2) is 23.3 Å². The first-order valence-corrected chi connectivity index (χ1v) is 4.80. The van der Waals surface area contributed by atoms with E-state index in [9.17, 15) is 5.11 Å². The molecule has 0 heterocycles. The third-order valence-electron chi connectivity index (χ3n) is 2.38. The number of hydrogen-bond donors (Lipinski definition) is 3. The highest BCUT2D eigenvalue weighted by Gasteiger charge is 2.29. The molecule has 74 valence electrons. The van der Waals surface area contributed by atoms with E-state index in [1.54, 1.807) is 0 Å². The number of rotatable bonds is 0. The standard InChI is InChI=1S/C7H16N2O.C2H6/c1-4-2-7(10)6(9)3-5(4)8;1-2/h4-7,10H,2-3,8-9H2,1H3;1-2H3. The molecule has 1 fully saturated rings. The zero-order chi connectivity index (χ0) is 9.72. The molecule has 0 radical (unpaired) electrons. The van der Waals surface area contributed by atoms with Gasteiger partial charge in [-0.25, -0.2) is 0 Å². The van der Waals surface area contributed by atoms with Crippen LogP contribution in [0.3, 0.4) is 0 Å². The first-order valence-electron chi connectivity index (χ1n) is 4.80. The molecule has 0 spiro atoms. The summed E-state index contributed by atoms with van der Waals surface area (Å²) < 4.78 is 0. The van der Waals surface area contributed by atoms with Crippen molar-refractivity contribution in [3.05, 3.63) is 0 Å². The average molecular weight is 174 g/mol. The molecule has 0 aromatic carbocycles. The number of nitrogens with two attached hydrogens (primary N) is 2. The van der Waals surface area contributed by atoms with Crippen LogP contribution < -0.4 is 11.5 Å². The molecule has 0 aromatic rings. The van der Waals surface area contributed by atoms with Crippen molar-refractivity contribution in [3.63, 3.8) is 0 Å². The molecule has 1 rings (SSSR count). The van der Waals surface area contributed by atoms with Crippen LogP contribution in [0, 0.1) is 5.92 Å². The molecule has 3 nitrogen and oxygen atoms in total. The van der Waals surface area contributed by atoms with Crippen LogP contribution in [0.25, 0.3) is 0 Å². The van der Waals surface area contributed by atoms with Gasteiger partial charge in [-0.1, -0.05) is 20.8 Å². The van der Waals surface area contributed by atoms with Gasteiger partial charge >= 0.3 is 0 Å². The lowest BCUT2D eigenvalue weighted by Crippen LogP contribution is -2.49. The lowest BCUT2D eigenvalue weighted by Gasteiger charge is -2.33. The molecule has 0 saturated heterocycles. The van der Waals surface area contributed by atoms with E-state index in [-0.39, 0.29) is 18.2 Å². The highest BCUT2D eigenvalue weighted by Crippen LogP contribution is 2.21. The normalized spacial score (nSPS) is 41.5. The maximum atomic E-state index is 9.29. The van der Waals surface area contributed by atoms with Crippen LogP contribution in [0.4, 0.5) is 0 Å². The van der Waals surface area contributed by atoms with Crippen molar-refractivity contribution in [2.75, 3.05) is 0 Å². The monoisotopic (exact) mass is 174 g/mol. The summed E-state index contributed by atoms with van der Waals surface area (Å²) >= 11 is 0. The molecule has 3 heteroatoms. The van der Waals surface area contributed by atoms with Crippen LogP contribution in [0.2, 0.25) is 0 Å². The van der Waals surface area contributed by atoms with E-state index in [1.165, 1.54) is 0 Å². The third kappa shape index (κ3) is 3.09. The first-order chi connectivity index (χ1) is 5.61. The SMILES string of the molecule is CC.CC1CC(O)C(N)CC1N. The van der Waals surface area contributed by atoms with Crippen LogP contribution in [0.1, 0.15) is 33.6 Å². The largest absolute Gasteiger partial charge is 0.392 e. The van der Waals surface area contributed by atoms with Crippen molar-refractivity contribution in [2.45, 2.75) is 51.8 Å². The second kappa shape index (κ2) is 5.51. The molecule has 5 N–H and O–H groups in total. The van der Waals surface area contributed by atoms with Crippen molar-refractivity contribution in [2.24, 2.45) is 17.4 Å². The molecular formula is C9H22N2O. The Balaban J connectivity index is 0.000000561. The summed E-state index contributed by atoms with van der Waals surface area (Å²) in [5.41, 5.74) is 11.3. The maximum Gasteiger partial charge on any atom is 0.0694 e. The number of hydrogen-bond acceptors (Lipinski definition) is 3. The van der Waals surface area contributed by atoms with E-state index in [0.29, 0.717) is 5.92 Å². The van der Waals surface area contributed by atoms with Crippen molar-refractivity contribution in [1.29, 1.82) is 0 Å². The summed E-state index contributed by atoms with van der Waals surface area (Å²) in [5, 5.41) is 9.29. The Hall–Kier alpha value is -0.120. The van der Waals surface area contributed by atoms with E-state index < -0.39 is 0 Å². The van der Waals surface area contributed by atoms with Gasteiger partial charge in [0.25, 0.3) is 0 Å². The van der Waals surface area contributed by atoms with E-state index in [1.807, 2.05) is 13.8 Å². The fraction of sp³-hybridized carbons (Fsp3) is 1.00. The van der Waals surface area contributed by atoms with Crippen LogP contribution in [0.5, 0.6) is 0 Å². The van der Waals surface area contributed by atoms with E-state index in [2.05, 4.69) is 6.92 Å². The lowest BCUT2D eigenvalue weighted by atomic mass is 9.82. The van der Waals surface area contributed by atoms with Gasteiger partial charge in [-0.3, -0.25) is 0 Å². The van der Waals surface area contributed by atoms with Crippen molar-refractivity contribution in [1.82, 2.24) is 0 Å². The van der Waals surface area contributed by atoms with Crippen molar-refractivity contribution in [3.8, 4) is 0 Å².